The molecule has 0 unspecified atom stereocenters. The van der Waals surface area contributed by atoms with Crippen LogP contribution in [0.4, 0.5) is 0 Å². The van der Waals surface area contributed by atoms with E-state index in [-0.39, 0.29) is 11.7 Å². The van der Waals surface area contributed by atoms with Gasteiger partial charge < -0.3 is 14.3 Å². The van der Waals surface area contributed by atoms with Gasteiger partial charge in [0, 0.05) is 10.9 Å². The van der Waals surface area contributed by atoms with Gasteiger partial charge in [-0.1, -0.05) is 12.1 Å². The largest absolute Gasteiger partial charge is 0.508 e. The van der Waals surface area contributed by atoms with E-state index in [1.807, 2.05) is 31.2 Å². The van der Waals surface area contributed by atoms with Gasteiger partial charge in [0.25, 0.3) is 5.91 Å². The number of nitrogens with zero attached hydrogens (tertiary/aromatic N) is 1. The standard InChI is InChI=1S/C19H18N2O4/c1-3-24-16-6-4-5-14-11-17(25-18(14)16)12(2)20-21-19(23)13-7-9-15(22)10-8-13/h4-11,22H,3H2,1-2H3,(H,21,23)/b20-12-. The molecule has 25 heavy (non-hydrogen) atoms. The van der Waals surface area contributed by atoms with E-state index < -0.39 is 0 Å². The Labute approximate surface area is 144 Å². The van der Waals surface area contributed by atoms with Gasteiger partial charge in [-0.3, -0.25) is 4.79 Å². The summed E-state index contributed by atoms with van der Waals surface area (Å²) >= 11 is 0. The number of phenols is 1. The predicted octanol–water partition coefficient (Wildman–Crippen LogP) is 3.69. The summed E-state index contributed by atoms with van der Waals surface area (Å²) in [5, 5.41) is 14.2. The Morgan fingerprint density at radius 2 is 2.00 bits per heavy atom. The number of amides is 1. The lowest BCUT2D eigenvalue weighted by Gasteiger charge is -2.02. The first-order valence-corrected chi connectivity index (χ1v) is 7.88. The monoisotopic (exact) mass is 338 g/mol. The molecule has 6 nitrogen and oxygen atoms in total. The number of carbonyl (C=O) groups excluding carboxylic acids is 1. The molecule has 0 aliphatic heterocycles. The highest BCUT2D eigenvalue weighted by Gasteiger charge is 2.11. The van der Waals surface area contributed by atoms with E-state index in [0.29, 0.717) is 35.0 Å². The highest BCUT2D eigenvalue weighted by Crippen LogP contribution is 2.29. The Balaban J connectivity index is 1.80. The minimum Gasteiger partial charge on any atom is -0.508 e. The summed E-state index contributed by atoms with van der Waals surface area (Å²) < 4.78 is 11.4. The molecule has 0 saturated heterocycles. The number of benzene rings is 2. The summed E-state index contributed by atoms with van der Waals surface area (Å²) in [7, 11) is 0. The molecule has 0 bridgehead atoms. The van der Waals surface area contributed by atoms with E-state index in [2.05, 4.69) is 10.5 Å². The zero-order valence-electron chi connectivity index (χ0n) is 13.9. The molecule has 1 heterocycles. The van der Waals surface area contributed by atoms with Crippen molar-refractivity contribution in [1.82, 2.24) is 5.43 Å². The first kappa shape index (κ1) is 16.6. The minimum absolute atomic E-state index is 0.101. The molecule has 0 radical (unpaired) electrons. The Hall–Kier alpha value is -3.28. The second-order valence-corrected chi connectivity index (χ2v) is 5.40. The first-order chi connectivity index (χ1) is 12.1. The average Bonchev–Trinajstić information content (AvgIpc) is 3.05. The molecule has 0 fully saturated rings. The number of fused-ring (bicyclic) bond motifs is 1. The highest BCUT2D eigenvalue weighted by atomic mass is 16.5. The number of carbonyl (C=O) groups is 1. The van der Waals surface area contributed by atoms with Crippen LogP contribution in [0.5, 0.6) is 11.5 Å². The lowest BCUT2D eigenvalue weighted by Crippen LogP contribution is -2.19. The van der Waals surface area contributed by atoms with Crippen molar-refractivity contribution in [2.75, 3.05) is 6.61 Å². The number of hydrogen-bond acceptors (Lipinski definition) is 5. The summed E-state index contributed by atoms with van der Waals surface area (Å²) in [6.07, 6.45) is 0. The number of nitrogens with one attached hydrogen (secondary N) is 1. The number of rotatable bonds is 5. The van der Waals surface area contributed by atoms with Gasteiger partial charge in [0.2, 0.25) is 0 Å². The predicted molar refractivity (Wildman–Crippen MR) is 95.2 cm³/mol. The first-order valence-electron chi connectivity index (χ1n) is 7.88. The normalized spacial score (nSPS) is 11.5. The molecule has 0 aliphatic rings. The number of phenolic OH excluding ortho intramolecular Hbond substituents is 1. The van der Waals surface area contributed by atoms with Crippen LogP contribution in [0, 0.1) is 0 Å². The van der Waals surface area contributed by atoms with E-state index in [1.54, 1.807) is 6.92 Å². The van der Waals surface area contributed by atoms with Gasteiger partial charge in [-0.15, -0.1) is 0 Å². The van der Waals surface area contributed by atoms with Crippen LogP contribution in [0.3, 0.4) is 0 Å². The van der Waals surface area contributed by atoms with Crippen molar-refractivity contribution in [3.05, 3.63) is 59.9 Å². The Kier molecular flexibility index (Phi) is 4.70. The maximum atomic E-state index is 12.1. The minimum atomic E-state index is -0.370. The Morgan fingerprint density at radius 1 is 1.24 bits per heavy atom. The quantitative estimate of drug-likeness (QED) is 0.549. The Bertz CT molecular complexity index is 926. The van der Waals surface area contributed by atoms with Crippen LogP contribution < -0.4 is 10.2 Å². The summed E-state index contributed by atoms with van der Waals surface area (Å²) in [5.74, 6) is 0.953. The smallest absolute Gasteiger partial charge is 0.271 e. The molecule has 1 amide bonds. The fourth-order valence-corrected chi connectivity index (χ4v) is 2.35. The summed E-state index contributed by atoms with van der Waals surface area (Å²) in [5.41, 5.74) is 4.06. The van der Waals surface area contributed by atoms with Gasteiger partial charge in [0.15, 0.2) is 17.1 Å². The molecular weight excluding hydrogens is 320 g/mol. The van der Waals surface area contributed by atoms with E-state index in [1.165, 1.54) is 24.3 Å². The molecule has 2 N–H and O–H groups in total. The zero-order chi connectivity index (χ0) is 17.8. The summed E-state index contributed by atoms with van der Waals surface area (Å²) in [6.45, 7) is 4.20. The van der Waals surface area contributed by atoms with E-state index in [0.717, 1.165) is 5.39 Å². The van der Waals surface area contributed by atoms with Crippen molar-refractivity contribution in [3.8, 4) is 11.5 Å². The lowest BCUT2D eigenvalue weighted by atomic mass is 10.2. The molecule has 0 aliphatic carbocycles. The van der Waals surface area contributed by atoms with Gasteiger partial charge in [-0.05, 0) is 50.2 Å². The van der Waals surface area contributed by atoms with Crippen molar-refractivity contribution in [3.63, 3.8) is 0 Å². The van der Waals surface area contributed by atoms with Crippen LogP contribution >= 0.6 is 0 Å². The van der Waals surface area contributed by atoms with Gasteiger partial charge in [-0.2, -0.15) is 5.10 Å². The second kappa shape index (κ2) is 7.09. The molecule has 1 aromatic heterocycles. The molecule has 0 atom stereocenters. The van der Waals surface area contributed by atoms with Crippen molar-refractivity contribution < 1.29 is 19.1 Å². The Morgan fingerprint density at radius 3 is 2.72 bits per heavy atom. The number of aromatic hydroxyl groups is 1. The molecule has 0 saturated carbocycles. The topological polar surface area (TPSA) is 84.1 Å². The maximum Gasteiger partial charge on any atom is 0.271 e. The third-order valence-electron chi connectivity index (χ3n) is 3.62. The number of furan rings is 1. The lowest BCUT2D eigenvalue weighted by molar-refractivity contribution is 0.0955. The van der Waals surface area contributed by atoms with Crippen LogP contribution in [-0.2, 0) is 0 Å². The number of para-hydroxylation sites is 1. The van der Waals surface area contributed by atoms with Gasteiger partial charge >= 0.3 is 0 Å². The van der Waals surface area contributed by atoms with Crippen LogP contribution in [-0.4, -0.2) is 23.3 Å². The summed E-state index contributed by atoms with van der Waals surface area (Å²) in [6, 6.07) is 13.4. The van der Waals surface area contributed by atoms with E-state index in [4.69, 9.17) is 9.15 Å². The fourth-order valence-electron chi connectivity index (χ4n) is 2.35. The third kappa shape index (κ3) is 3.63. The van der Waals surface area contributed by atoms with Crippen molar-refractivity contribution >= 4 is 22.6 Å². The summed E-state index contributed by atoms with van der Waals surface area (Å²) in [4.78, 5) is 12.1. The van der Waals surface area contributed by atoms with Crippen molar-refractivity contribution in [2.24, 2.45) is 5.10 Å². The van der Waals surface area contributed by atoms with Gasteiger partial charge in [-0.25, -0.2) is 5.43 Å². The van der Waals surface area contributed by atoms with Gasteiger partial charge in [0.1, 0.15) is 11.5 Å². The fraction of sp³-hybridized carbons (Fsp3) is 0.158. The van der Waals surface area contributed by atoms with E-state index in [9.17, 15) is 9.90 Å². The molecule has 6 heteroatoms. The van der Waals surface area contributed by atoms with Crippen LogP contribution in [0.1, 0.15) is 30.0 Å². The molecular formula is C19H18N2O4. The number of hydrazone groups is 1. The molecule has 3 aromatic rings. The maximum absolute atomic E-state index is 12.1. The van der Waals surface area contributed by atoms with Crippen LogP contribution in [0.15, 0.2) is 58.0 Å². The van der Waals surface area contributed by atoms with E-state index >= 15 is 0 Å². The molecule has 128 valence electrons. The van der Waals surface area contributed by atoms with Crippen LogP contribution in [0.2, 0.25) is 0 Å². The molecule has 2 aromatic carbocycles. The van der Waals surface area contributed by atoms with Crippen molar-refractivity contribution in [1.29, 1.82) is 0 Å². The molecule has 0 spiro atoms. The zero-order valence-corrected chi connectivity index (χ0v) is 13.9. The SMILES string of the molecule is CCOc1cccc2cc(/C(C)=N\NC(=O)c3ccc(O)cc3)oc12. The third-order valence-corrected chi connectivity index (χ3v) is 3.62. The average molecular weight is 338 g/mol. The van der Waals surface area contributed by atoms with Crippen LogP contribution in [0.25, 0.3) is 11.0 Å². The second-order valence-electron chi connectivity index (χ2n) is 5.40. The number of hydrogen-bond donors (Lipinski definition) is 2. The molecule has 3 rings (SSSR count). The highest BCUT2D eigenvalue weighted by molar-refractivity contribution is 6.02. The number of ether oxygens (including phenoxy) is 1. The van der Waals surface area contributed by atoms with Gasteiger partial charge in [0.05, 0.1) is 6.61 Å². The van der Waals surface area contributed by atoms with Crippen molar-refractivity contribution in [2.45, 2.75) is 13.8 Å².